The van der Waals surface area contributed by atoms with Crippen LogP contribution in [0.3, 0.4) is 0 Å². The second kappa shape index (κ2) is 6.94. The largest absolute Gasteiger partial charge is 0.339 e. The maximum Gasteiger partial charge on any atom is 0.255 e. The number of halogens is 2. The number of nitrogens with zero attached hydrogens (tertiary/aromatic N) is 4. The highest BCUT2D eigenvalue weighted by molar-refractivity contribution is 6.43. The van der Waals surface area contributed by atoms with E-state index in [0.717, 1.165) is 44.1 Å². The Bertz CT molecular complexity index is 798. The Morgan fingerprint density at radius 3 is 2.76 bits per heavy atom. The SMILES string of the molecule is O=C(c1cccc(Cl)c1Cl)N1CCC(c2nnc3n2CCNC3)CC1. The average Bonchev–Trinajstić information content (AvgIpc) is 3.08. The van der Waals surface area contributed by atoms with Crippen molar-refractivity contribution in [3.8, 4) is 0 Å². The summed E-state index contributed by atoms with van der Waals surface area (Å²) < 4.78 is 2.23. The summed E-state index contributed by atoms with van der Waals surface area (Å²) in [5.74, 6) is 2.35. The van der Waals surface area contributed by atoms with Crippen LogP contribution in [-0.4, -0.2) is 45.2 Å². The molecule has 0 radical (unpaired) electrons. The van der Waals surface area contributed by atoms with Gasteiger partial charge in [-0.25, -0.2) is 0 Å². The molecule has 4 rings (SSSR count). The number of nitrogens with one attached hydrogen (secondary N) is 1. The maximum absolute atomic E-state index is 12.7. The number of likely N-dealkylation sites (tertiary alicyclic amines) is 1. The molecular formula is C17H19Cl2N5O. The van der Waals surface area contributed by atoms with Crippen LogP contribution in [0.1, 0.15) is 40.8 Å². The van der Waals surface area contributed by atoms with Crippen molar-refractivity contribution in [2.45, 2.75) is 31.8 Å². The summed E-state index contributed by atoms with van der Waals surface area (Å²) in [6.07, 6.45) is 1.77. The molecule has 0 saturated carbocycles. The van der Waals surface area contributed by atoms with E-state index in [9.17, 15) is 4.79 Å². The van der Waals surface area contributed by atoms with Crippen LogP contribution in [0.5, 0.6) is 0 Å². The number of carbonyl (C=O) groups is 1. The summed E-state index contributed by atoms with van der Waals surface area (Å²) in [6.45, 7) is 4.01. The Kier molecular flexibility index (Phi) is 4.67. The first kappa shape index (κ1) is 16.8. The zero-order valence-electron chi connectivity index (χ0n) is 13.7. The molecule has 8 heteroatoms. The van der Waals surface area contributed by atoms with Crippen LogP contribution in [0.25, 0.3) is 0 Å². The fraction of sp³-hybridized carbons (Fsp3) is 0.471. The molecule has 25 heavy (non-hydrogen) atoms. The number of carbonyl (C=O) groups excluding carboxylic acids is 1. The monoisotopic (exact) mass is 379 g/mol. The molecule has 1 fully saturated rings. The number of aromatic nitrogens is 3. The van der Waals surface area contributed by atoms with Crippen molar-refractivity contribution in [3.63, 3.8) is 0 Å². The van der Waals surface area contributed by atoms with Crippen LogP contribution >= 0.6 is 23.2 Å². The van der Waals surface area contributed by atoms with E-state index in [-0.39, 0.29) is 5.91 Å². The number of amides is 1. The molecule has 0 spiro atoms. The second-order valence-electron chi connectivity index (χ2n) is 6.47. The fourth-order valence-electron chi connectivity index (χ4n) is 3.60. The number of rotatable bonds is 2. The average molecular weight is 380 g/mol. The van der Waals surface area contributed by atoms with Gasteiger partial charge in [0.05, 0.1) is 22.2 Å². The molecular weight excluding hydrogens is 361 g/mol. The fourth-order valence-corrected chi connectivity index (χ4v) is 3.98. The first-order valence-corrected chi connectivity index (χ1v) is 9.26. The molecule has 0 aliphatic carbocycles. The van der Waals surface area contributed by atoms with E-state index in [2.05, 4.69) is 20.1 Å². The van der Waals surface area contributed by atoms with Crippen LogP contribution in [0.15, 0.2) is 18.2 Å². The zero-order valence-corrected chi connectivity index (χ0v) is 15.2. The lowest BCUT2D eigenvalue weighted by Gasteiger charge is -2.32. The van der Waals surface area contributed by atoms with Crippen LogP contribution in [0.2, 0.25) is 10.0 Å². The van der Waals surface area contributed by atoms with E-state index in [1.165, 1.54) is 0 Å². The molecule has 0 atom stereocenters. The number of hydrogen-bond donors (Lipinski definition) is 1. The van der Waals surface area contributed by atoms with Gasteiger partial charge in [-0.05, 0) is 25.0 Å². The molecule has 3 heterocycles. The molecule has 1 amide bonds. The van der Waals surface area contributed by atoms with Gasteiger partial charge < -0.3 is 14.8 Å². The molecule has 2 aliphatic heterocycles. The van der Waals surface area contributed by atoms with Crippen molar-refractivity contribution < 1.29 is 4.79 Å². The molecule has 1 aromatic heterocycles. The maximum atomic E-state index is 12.7. The summed E-state index contributed by atoms with van der Waals surface area (Å²) >= 11 is 12.2. The Morgan fingerprint density at radius 2 is 1.96 bits per heavy atom. The summed E-state index contributed by atoms with van der Waals surface area (Å²) in [5.41, 5.74) is 0.471. The number of piperidine rings is 1. The van der Waals surface area contributed by atoms with Crippen LogP contribution < -0.4 is 5.32 Å². The highest BCUT2D eigenvalue weighted by atomic mass is 35.5. The third-order valence-electron chi connectivity index (χ3n) is 4.98. The van der Waals surface area contributed by atoms with E-state index >= 15 is 0 Å². The van der Waals surface area contributed by atoms with Crippen molar-refractivity contribution in [1.29, 1.82) is 0 Å². The minimum absolute atomic E-state index is 0.0570. The molecule has 6 nitrogen and oxygen atoms in total. The standard InChI is InChI=1S/C17H19Cl2N5O/c18-13-3-1-2-12(15(13)19)17(25)23-7-4-11(5-8-23)16-22-21-14-10-20-6-9-24(14)16/h1-3,11,20H,4-10H2. The number of fused-ring (bicyclic) bond motifs is 1. The highest BCUT2D eigenvalue weighted by Gasteiger charge is 2.29. The van der Waals surface area contributed by atoms with E-state index in [4.69, 9.17) is 23.2 Å². The van der Waals surface area contributed by atoms with Gasteiger partial charge in [0.1, 0.15) is 11.6 Å². The van der Waals surface area contributed by atoms with Crippen LogP contribution in [0.4, 0.5) is 0 Å². The van der Waals surface area contributed by atoms with Gasteiger partial charge in [0.15, 0.2) is 0 Å². The van der Waals surface area contributed by atoms with Crippen molar-refractivity contribution in [1.82, 2.24) is 25.0 Å². The van der Waals surface area contributed by atoms with Gasteiger partial charge in [0.2, 0.25) is 0 Å². The first-order chi connectivity index (χ1) is 12.1. The van der Waals surface area contributed by atoms with Crippen molar-refractivity contribution in [3.05, 3.63) is 45.5 Å². The van der Waals surface area contributed by atoms with Crippen LogP contribution in [-0.2, 0) is 13.1 Å². The predicted molar refractivity (Wildman–Crippen MR) is 96.1 cm³/mol. The summed E-state index contributed by atoms with van der Waals surface area (Å²) in [5, 5.41) is 12.7. The minimum Gasteiger partial charge on any atom is -0.339 e. The van der Waals surface area contributed by atoms with E-state index in [0.29, 0.717) is 34.6 Å². The molecule has 1 N–H and O–H groups in total. The predicted octanol–water partition coefficient (Wildman–Crippen LogP) is 2.71. The van der Waals surface area contributed by atoms with Crippen molar-refractivity contribution >= 4 is 29.1 Å². The van der Waals surface area contributed by atoms with Crippen LogP contribution in [0, 0.1) is 0 Å². The van der Waals surface area contributed by atoms with Crippen molar-refractivity contribution in [2.75, 3.05) is 19.6 Å². The molecule has 2 aliphatic rings. The van der Waals surface area contributed by atoms with Gasteiger partial charge in [-0.3, -0.25) is 4.79 Å². The Hall–Kier alpha value is -1.63. The summed E-state index contributed by atoms with van der Waals surface area (Å²) in [7, 11) is 0. The zero-order chi connectivity index (χ0) is 17.4. The number of benzene rings is 1. The lowest BCUT2D eigenvalue weighted by Crippen LogP contribution is -2.39. The molecule has 132 valence electrons. The lowest BCUT2D eigenvalue weighted by molar-refractivity contribution is 0.0710. The Balaban J connectivity index is 1.46. The lowest BCUT2D eigenvalue weighted by atomic mass is 9.95. The molecule has 0 unspecified atom stereocenters. The van der Waals surface area contributed by atoms with Gasteiger partial charge in [0.25, 0.3) is 5.91 Å². The van der Waals surface area contributed by atoms with E-state index in [1.54, 1.807) is 18.2 Å². The molecule has 2 aromatic rings. The second-order valence-corrected chi connectivity index (χ2v) is 7.26. The molecule has 1 saturated heterocycles. The molecule has 1 aromatic carbocycles. The van der Waals surface area contributed by atoms with E-state index in [1.807, 2.05) is 4.90 Å². The first-order valence-electron chi connectivity index (χ1n) is 8.51. The topological polar surface area (TPSA) is 63.1 Å². The summed E-state index contributed by atoms with van der Waals surface area (Å²) in [4.78, 5) is 14.6. The van der Waals surface area contributed by atoms with Crippen molar-refractivity contribution in [2.24, 2.45) is 0 Å². The summed E-state index contributed by atoms with van der Waals surface area (Å²) in [6, 6.07) is 5.17. The van der Waals surface area contributed by atoms with E-state index < -0.39 is 0 Å². The van der Waals surface area contributed by atoms with Gasteiger partial charge in [-0.2, -0.15) is 0 Å². The highest BCUT2D eigenvalue weighted by Crippen LogP contribution is 2.31. The van der Waals surface area contributed by atoms with Gasteiger partial charge in [-0.15, -0.1) is 10.2 Å². The van der Waals surface area contributed by atoms with Gasteiger partial charge in [0, 0.05) is 32.1 Å². The third-order valence-corrected chi connectivity index (χ3v) is 5.80. The third kappa shape index (κ3) is 3.14. The smallest absolute Gasteiger partial charge is 0.255 e. The Morgan fingerprint density at radius 1 is 1.16 bits per heavy atom. The Labute approximate surface area is 156 Å². The normalized spacial score (nSPS) is 18.2. The molecule has 0 bridgehead atoms. The number of hydrogen-bond acceptors (Lipinski definition) is 4. The minimum atomic E-state index is -0.0570. The quantitative estimate of drug-likeness (QED) is 0.870. The van der Waals surface area contributed by atoms with Gasteiger partial charge >= 0.3 is 0 Å². The van der Waals surface area contributed by atoms with Gasteiger partial charge in [-0.1, -0.05) is 29.3 Å².